The maximum absolute atomic E-state index is 4.18. The Hall–Kier alpha value is 0.350. The van der Waals surface area contributed by atoms with E-state index in [1.54, 1.807) is 0 Å². The van der Waals surface area contributed by atoms with Gasteiger partial charge in [-0.3, -0.25) is 0 Å². The SMILES string of the molecule is Brc1cc(Br)c2c(c1)N=S=NS2. The molecule has 0 unspecified atom stereocenters. The summed E-state index contributed by atoms with van der Waals surface area (Å²) in [5.74, 6) is 0. The first kappa shape index (κ1) is 8.93. The lowest BCUT2D eigenvalue weighted by Gasteiger charge is -2.05. The molecular weight excluding hydrogens is 324 g/mol. The van der Waals surface area contributed by atoms with Crippen molar-refractivity contribution in [1.82, 2.24) is 0 Å². The number of rotatable bonds is 0. The van der Waals surface area contributed by atoms with Crippen LogP contribution < -0.4 is 0 Å². The van der Waals surface area contributed by atoms with Crippen LogP contribution in [0.15, 0.2) is 34.1 Å². The summed E-state index contributed by atoms with van der Waals surface area (Å²) in [7, 11) is 0. The fourth-order valence-electron chi connectivity index (χ4n) is 0.820. The summed E-state index contributed by atoms with van der Waals surface area (Å²) >= 11 is 9.53. The van der Waals surface area contributed by atoms with Crippen molar-refractivity contribution in [2.24, 2.45) is 8.13 Å². The van der Waals surface area contributed by atoms with Crippen LogP contribution in [0, 0.1) is 0 Å². The molecule has 0 fully saturated rings. The topological polar surface area (TPSA) is 24.7 Å². The first-order valence-corrected chi connectivity index (χ1v) is 6.10. The molecule has 0 aromatic heterocycles. The Bertz CT molecular complexity index is 399. The van der Waals surface area contributed by atoms with Gasteiger partial charge in [0.15, 0.2) is 0 Å². The van der Waals surface area contributed by atoms with Crippen molar-refractivity contribution in [3.63, 3.8) is 0 Å². The van der Waals surface area contributed by atoms with E-state index in [-0.39, 0.29) is 0 Å². The third kappa shape index (κ3) is 1.66. The van der Waals surface area contributed by atoms with Crippen LogP contribution in [-0.2, 0) is 11.4 Å². The quantitative estimate of drug-likeness (QED) is 0.652. The lowest BCUT2D eigenvalue weighted by molar-refractivity contribution is 1.34. The average molecular weight is 326 g/mol. The number of halogens is 2. The van der Waals surface area contributed by atoms with E-state index in [0.717, 1.165) is 19.5 Å². The number of fused-ring (bicyclic) bond motifs is 1. The standard InChI is InChI=1S/C6H2Br2N2S2/c7-3-1-4(8)6-5(2-3)9-12-10-11-6/h1-2H. The highest BCUT2D eigenvalue weighted by Crippen LogP contribution is 2.40. The van der Waals surface area contributed by atoms with E-state index in [0.29, 0.717) is 0 Å². The fourth-order valence-corrected chi connectivity index (χ4v) is 3.44. The predicted molar refractivity (Wildman–Crippen MR) is 59.6 cm³/mol. The van der Waals surface area contributed by atoms with Crippen LogP contribution in [0.5, 0.6) is 0 Å². The van der Waals surface area contributed by atoms with Crippen LogP contribution in [0.2, 0.25) is 0 Å². The molecule has 0 saturated carbocycles. The summed E-state index contributed by atoms with van der Waals surface area (Å²) in [4.78, 5) is 1.08. The van der Waals surface area contributed by atoms with Crippen LogP contribution >= 0.6 is 43.8 Å². The molecule has 0 radical (unpaired) electrons. The van der Waals surface area contributed by atoms with E-state index in [1.165, 1.54) is 23.3 Å². The molecule has 0 saturated heterocycles. The van der Waals surface area contributed by atoms with Crippen molar-refractivity contribution in [2.75, 3.05) is 0 Å². The summed E-state index contributed by atoms with van der Waals surface area (Å²) in [6, 6.07) is 3.97. The number of hydrogen-bond donors (Lipinski definition) is 0. The second-order valence-electron chi connectivity index (χ2n) is 2.07. The molecule has 0 amide bonds. The molecule has 62 valence electrons. The molecule has 0 atom stereocenters. The number of nitrogens with zero attached hydrogens (tertiary/aromatic N) is 2. The average Bonchev–Trinajstić information content (AvgIpc) is 2.04. The Morgan fingerprint density at radius 2 is 2.08 bits per heavy atom. The summed E-state index contributed by atoms with van der Waals surface area (Å²) in [5, 5.41) is 0. The van der Waals surface area contributed by atoms with Crippen molar-refractivity contribution >= 4 is 60.8 Å². The van der Waals surface area contributed by atoms with Crippen molar-refractivity contribution < 1.29 is 0 Å². The molecule has 1 heterocycles. The Balaban J connectivity index is 2.69. The van der Waals surface area contributed by atoms with Crippen LogP contribution in [0.25, 0.3) is 0 Å². The highest BCUT2D eigenvalue weighted by Gasteiger charge is 2.10. The molecule has 0 aliphatic carbocycles. The Kier molecular flexibility index (Phi) is 2.69. The van der Waals surface area contributed by atoms with Crippen molar-refractivity contribution in [2.45, 2.75) is 4.90 Å². The van der Waals surface area contributed by atoms with Gasteiger partial charge in [0.2, 0.25) is 0 Å². The van der Waals surface area contributed by atoms with Gasteiger partial charge >= 0.3 is 0 Å². The zero-order valence-corrected chi connectivity index (χ0v) is 10.4. The molecule has 1 aromatic rings. The maximum atomic E-state index is 4.18. The van der Waals surface area contributed by atoms with Crippen molar-refractivity contribution in [1.29, 1.82) is 0 Å². The van der Waals surface area contributed by atoms with Crippen molar-refractivity contribution in [3.8, 4) is 0 Å². The van der Waals surface area contributed by atoms with Crippen LogP contribution in [0.1, 0.15) is 0 Å². The highest BCUT2D eigenvalue weighted by molar-refractivity contribution is 9.11. The van der Waals surface area contributed by atoms with Gasteiger partial charge < -0.3 is 0 Å². The lowest BCUT2D eigenvalue weighted by Crippen LogP contribution is -1.78. The van der Waals surface area contributed by atoms with E-state index in [2.05, 4.69) is 40.0 Å². The first-order valence-electron chi connectivity index (χ1n) is 3.01. The molecule has 1 aliphatic rings. The highest BCUT2D eigenvalue weighted by atomic mass is 79.9. The van der Waals surface area contributed by atoms with Gasteiger partial charge in [-0.2, -0.15) is 4.36 Å². The van der Waals surface area contributed by atoms with Gasteiger partial charge in [-0.05, 0) is 28.1 Å². The molecule has 2 nitrogen and oxygen atoms in total. The fraction of sp³-hybridized carbons (Fsp3) is 0. The lowest BCUT2D eigenvalue weighted by atomic mass is 10.3. The molecular formula is C6H2Br2N2S2. The van der Waals surface area contributed by atoms with Crippen LogP contribution in [0.3, 0.4) is 0 Å². The van der Waals surface area contributed by atoms with E-state index < -0.39 is 0 Å². The smallest absolute Gasteiger partial charge is 0.0953 e. The largest absolute Gasteiger partial charge is 0.173 e. The Labute approximate surface area is 94.4 Å². The molecule has 1 aliphatic heterocycles. The second-order valence-corrected chi connectivity index (χ2v) is 5.38. The van der Waals surface area contributed by atoms with E-state index in [1.807, 2.05) is 12.1 Å². The third-order valence-electron chi connectivity index (χ3n) is 1.29. The molecule has 1 aromatic carbocycles. The molecule has 0 spiro atoms. The maximum Gasteiger partial charge on any atom is 0.0953 e. The molecule has 6 heteroatoms. The number of hydrogen-bond acceptors (Lipinski definition) is 3. The molecule has 0 N–H and O–H groups in total. The minimum Gasteiger partial charge on any atom is -0.173 e. The van der Waals surface area contributed by atoms with Gasteiger partial charge in [0.25, 0.3) is 0 Å². The second kappa shape index (κ2) is 3.61. The van der Waals surface area contributed by atoms with Gasteiger partial charge in [0.05, 0.1) is 21.9 Å². The molecule has 2 rings (SSSR count). The summed E-state index contributed by atoms with van der Waals surface area (Å²) in [6.45, 7) is 0. The molecule has 12 heavy (non-hydrogen) atoms. The van der Waals surface area contributed by atoms with Crippen molar-refractivity contribution in [3.05, 3.63) is 21.1 Å². The first-order chi connectivity index (χ1) is 5.77. The van der Waals surface area contributed by atoms with Gasteiger partial charge in [-0.1, -0.05) is 15.9 Å². The summed E-state index contributed by atoms with van der Waals surface area (Å²) in [5.41, 5.74) is 0.973. The van der Waals surface area contributed by atoms with E-state index in [4.69, 9.17) is 0 Å². The van der Waals surface area contributed by atoms with Gasteiger partial charge in [-0.25, -0.2) is 0 Å². The Morgan fingerprint density at radius 1 is 1.25 bits per heavy atom. The van der Waals surface area contributed by atoms with Gasteiger partial charge in [-0.15, -0.1) is 3.77 Å². The zero-order chi connectivity index (χ0) is 8.55. The van der Waals surface area contributed by atoms with Crippen LogP contribution in [0.4, 0.5) is 5.69 Å². The van der Waals surface area contributed by atoms with Gasteiger partial charge in [0, 0.05) is 20.9 Å². The third-order valence-corrected chi connectivity index (χ3v) is 4.09. The zero-order valence-electron chi connectivity index (χ0n) is 5.62. The number of benzene rings is 1. The summed E-state index contributed by atoms with van der Waals surface area (Å²) in [6.07, 6.45) is 0. The monoisotopic (exact) mass is 324 g/mol. The normalized spacial score (nSPS) is 13.8. The Morgan fingerprint density at radius 3 is 2.92 bits per heavy atom. The predicted octanol–water partition coefficient (Wildman–Crippen LogP) is 4.31. The molecule has 0 bridgehead atoms. The van der Waals surface area contributed by atoms with Crippen LogP contribution in [-0.4, -0.2) is 0 Å². The minimum absolute atomic E-state index is 0.973. The van der Waals surface area contributed by atoms with E-state index >= 15 is 0 Å². The van der Waals surface area contributed by atoms with Gasteiger partial charge in [0.1, 0.15) is 0 Å². The van der Waals surface area contributed by atoms with E-state index in [9.17, 15) is 0 Å². The summed E-state index contributed by atoms with van der Waals surface area (Å²) < 4.78 is 10.3. The minimum atomic E-state index is 0.973.